The van der Waals surface area contributed by atoms with Crippen molar-refractivity contribution in [3.8, 4) is 11.1 Å². The van der Waals surface area contributed by atoms with Gasteiger partial charge in [-0.25, -0.2) is 28.2 Å². The van der Waals surface area contributed by atoms with Crippen LogP contribution in [0.5, 0.6) is 0 Å². The first-order valence-corrected chi connectivity index (χ1v) is 13.5. The molecule has 0 aliphatic carbocycles. The van der Waals surface area contributed by atoms with E-state index in [0.717, 1.165) is 25.5 Å². The van der Waals surface area contributed by atoms with Gasteiger partial charge in [-0.05, 0) is 33.0 Å². The van der Waals surface area contributed by atoms with E-state index in [1.54, 1.807) is 32.6 Å². The minimum Gasteiger partial charge on any atom is -0.477 e. The van der Waals surface area contributed by atoms with E-state index >= 15 is 4.39 Å². The van der Waals surface area contributed by atoms with Crippen LogP contribution in [0.4, 0.5) is 20.2 Å². The molecule has 0 bridgehead atoms. The van der Waals surface area contributed by atoms with Crippen molar-refractivity contribution < 1.29 is 18.7 Å². The first-order valence-electron chi connectivity index (χ1n) is 13.5. The highest BCUT2D eigenvalue weighted by atomic mass is 19.2. The van der Waals surface area contributed by atoms with Gasteiger partial charge >= 0.3 is 5.97 Å². The molecule has 5 aromatic rings. The lowest BCUT2D eigenvalue weighted by Crippen LogP contribution is -2.38. The summed E-state index contributed by atoms with van der Waals surface area (Å²) >= 11 is 0. The molecule has 1 aliphatic heterocycles. The summed E-state index contributed by atoms with van der Waals surface area (Å²) in [7, 11) is 7.19. The number of hydrogen-bond acceptors (Lipinski definition) is 8. The summed E-state index contributed by atoms with van der Waals surface area (Å²) in [5.74, 6) is -3.34. The highest BCUT2D eigenvalue weighted by Crippen LogP contribution is 2.45. The smallest absolute Gasteiger partial charge is 0.341 e. The Morgan fingerprint density at radius 3 is 2.67 bits per heavy atom. The van der Waals surface area contributed by atoms with Gasteiger partial charge in [0.15, 0.2) is 17.3 Å². The molecule has 4 aromatic heterocycles. The molecule has 1 aromatic carbocycles. The SMILES string of the molecule is CNc1cc(F)c(F)c2c1[nH]c1ncc(-c3cnc4c(c3)c(=O)c(C(=O)O)cn4NC)c(N3CCC[C@H]3CN(C)C)c12. The van der Waals surface area contributed by atoms with Crippen molar-refractivity contribution in [2.45, 2.75) is 18.9 Å². The quantitative estimate of drug-likeness (QED) is 0.228. The Morgan fingerprint density at radius 1 is 1.19 bits per heavy atom. The number of carbonyl (C=O) groups is 1. The predicted octanol–water partition coefficient (Wildman–Crippen LogP) is 3.81. The van der Waals surface area contributed by atoms with E-state index in [4.69, 9.17) is 0 Å². The number of carboxylic acids is 1. The maximum Gasteiger partial charge on any atom is 0.341 e. The van der Waals surface area contributed by atoms with Crippen molar-refractivity contribution in [1.29, 1.82) is 0 Å². The number of H-pyrrole nitrogens is 1. The minimum atomic E-state index is -1.36. The van der Waals surface area contributed by atoms with Gasteiger partial charge < -0.3 is 30.6 Å². The predicted molar refractivity (Wildman–Crippen MR) is 159 cm³/mol. The molecule has 42 heavy (non-hydrogen) atoms. The molecule has 0 unspecified atom stereocenters. The van der Waals surface area contributed by atoms with Gasteiger partial charge in [-0.2, -0.15) is 0 Å². The summed E-state index contributed by atoms with van der Waals surface area (Å²) in [6.45, 7) is 1.40. The van der Waals surface area contributed by atoms with Crippen molar-refractivity contribution in [3.05, 3.63) is 58.1 Å². The number of benzene rings is 1. The number of likely N-dealkylation sites (N-methyl/N-ethyl adjacent to an activating group) is 1. The van der Waals surface area contributed by atoms with Gasteiger partial charge in [0.1, 0.15) is 11.2 Å². The zero-order valence-electron chi connectivity index (χ0n) is 23.5. The van der Waals surface area contributed by atoms with Crippen molar-refractivity contribution in [1.82, 2.24) is 24.5 Å². The molecule has 1 saturated heterocycles. The number of anilines is 2. The number of halogens is 2. The Bertz CT molecular complexity index is 1950. The molecule has 0 spiro atoms. The molecular formula is C29H30F2N8O3. The number of nitrogens with one attached hydrogen (secondary N) is 3. The van der Waals surface area contributed by atoms with Crippen LogP contribution in [0, 0.1) is 11.6 Å². The zero-order chi connectivity index (χ0) is 29.9. The zero-order valence-corrected chi connectivity index (χ0v) is 23.5. The molecule has 0 saturated carbocycles. The maximum atomic E-state index is 15.7. The fourth-order valence-corrected chi connectivity index (χ4v) is 6.07. The Labute approximate surface area is 238 Å². The molecule has 6 rings (SSSR count). The lowest BCUT2D eigenvalue weighted by molar-refractivity contribution is 0.0695. The highest BCUT2D eigenvalue weighted by molar-refractivity contribution is 6.18. The molecule has 13 heteroatoms. The number of rotatable bonds is 7. The van der Waals surface area contributed by atoms with Crippen molar-refractivity contribution in [2.24, 2.45) is 0 Å². The van der Waals surface area contributed by atoms with Crippen LogP contribution in [0.1, 0.15) is 23.2 Å². The monoisotopic (exact) mass is 576 g/mol. The van der Waals surface area contributed by atoms with Crippen LogP contribution in [0.25, 0.3) is 44.1 Å². The largest absolute Gasteiger partial charge is 0.477 e. The molecule has 5 heterocycles. The number of fused-ring (bicyclic) bond motifs is 4. The average Bonchev–Trinajstić information content (AvgIpc) is 3.59. The summed E-state index contributed by atoms with van der Waals surface area (Å²) < 4.78 is 31.9. The number of carboxylic acid groups (broad SMARTS) is 1. The molecule has 0 amide bonds. The van der Waals surface area contributed by atoms with Gasteiger partial charge in [0, 0.05) is 69.0 Å². The number of aromatic carboxylic acids is 1. The van der Waals surface area contributed by atoms with E-state index < -0.39 is 28.6 Å². The molecule has 218 valence electrons. The van der Waals surface area contributed by atoms with E-state index in [9.17, 15) is 19.1 Å². The minimum absolute atomic E-state index is 0.0724. The van der Waals surface area contributed by atoms with E-state index in [1.807, 2.05) is 14.1 Å². The summed E-state index contributed by atoms with van der Waals surface area (Å²) in [5, 5.41) is 13.2. The van der Waals surface area contributed by atoms with Crippen LogP contribution in [0.2, 0.25) is 0 Å². The molecule has 1 aliphatic rings. The van der Waals surface area contributed by atoms with Crippen LogP contribution in [0.3, 0.4) is 0 Å². The molecule has 1 fully saturated rings. The van der Waals surface area contributed by atoms with Gasteiger partial charge in [-0.3, -0.25) is 4.79 Å². The molecule has 1 atom stereocenters. The highest BCUT2D eigenvalue weighted by Gasteiger charge is 2.32. The van der Waals surface area contributed by atoms with E-state index in [0.29, 0.717) is 45.6 Å². The summed E-state index contributed by atoms with van der Waals surface area (Å²) in [4.78, 5) is 41.7. The Balaban J connectivity index is 1.72. The summed E-state index contributed by atoms with van der Waals surface area (Å²) in [5.41, 5.74) is 4.86. The number of pyridine rings is 3. The molecule has 0 radical (unpaired) electrons. The third-order valence-corrected chi connectivity index (χ3v) is 7.90. The van der Waals surface area contributed by atoms with E-state index in [1.165, 1.54) is 10.9 Å². The fourth-order valence-electron chi connectivity index (χ4n) is 6.07. The Hall–Kier alpha value is -4.78. The van der Waals surface area contributed by atoms with Crippen molar-refractivity contribution >= 4 is 50.3 Å². The number of nitrogens with zero attached hydrogens (tertiary/aromatic N) is 5. The van der Waals surface area contributed by atoms with Crippen LogP contribution in [0.15, 0.2) is 35.5 Å². The third-order valence-electron chi connectivity index (χ3n) is 7.90. The lowest BCUT2D eigenvalue weighted by Gasteiger charge is -2.31. The van der Waals surface area contributed by atoms with Gasteiger partial charge in [-0.15, -0.1) is 0 Å². The normalized spacial score (nSPS) is 15.4. The Morgan fingerprint density at radius 2 is 1.98 bits per heavy atom. The standard InChI is InChI=1S/C29H30F2N8O3/c1-32-20-9-19(30)23(31)21-22-25(38-7-5-6-15(38)12-37(3)4)17(11-34-27(22)36-24(20)21)14-8-16-26(40)18(29(41)42)13-39(33-2)28(16)35-10-14/h8-11,13,15,32-33H,5-7,12H2,1-4H3,(H,34,36)(H,41,42)/t15-/m0/s1. The topological polar surface area (TPSA) is 131 Å². The Kier molecular flexibility index (Phi) is 6.68. The first-order chi connectivity index (χ1) is 20.1. The van der Waals surface area contributed by atoms with Crippen LogP contribution >= 0.6 is 0 Å². The van der Waals surface area contributed by atoms with Crippen LogP contribution in [-0.2, 0) is 0 Å². The van der Waals surface area contributed by atoms with Gasteiger partial charge in [0.2, 0.25) is 5.43 Å². The molecule has 4 N–H and O–H groups in total. The van der Waals surface area contributed by atoms with Crippen LogP contribution < -0.4 is 21.1 Å². The second-order valence-corrected chi connectivity index (χ2v) is 10.7. The van der Waals surface area contributed by atoms with Gasteiger partial charge in [-0.1, -0.05) is 0 Å². The third kappa shape index (κ3) is 4.19. The van der Waals surface area contributed by atoms with Gasteiger partial charge in [0.25, 0.3) is 0 Å². The second-order valence-electron chi connectivity index (χ2n) is 10.7. The van der Waals surface area contributed by atoms with Crippen LogP contribution in [-0.4, -0.2) is 82.9 Å². The fraction of sp³-hybridized carbons (Fsp3) is 0.310. The molecule has 11 nitrogen and oxygen atoms in total. The second kappa shape index (κ2) is 10.2. The maximum absolute atomic E-state index is 15.7. The number of aromatic nitrogens is 4. The van der Waals surface area contributed by atoms with E-state index in [-0.39, 0.29) is 22.5 Å². The summed E-state index contributed by atoms with van der Waals surface area (Å²) in [6.07, 6.45) is 6.19. The summed E-state index contributed by atoms with van der Waals surface area (Å²) in [6, 6.07) is 2.76. The van der Waals surface area contributed by atoms with Gasteiger partial charge in [0.05, 0.1) is 33.1 Å². The van der Waals surface area contributed by atoms with E-state index in [2.05, 4.69) is 35.5 Å². The average molecular weight is 577 g/mol. The van der Waals surface area contributed by atoms with Crippen molar-refractivity contribution in [2.75, 3.05) is 56.9 Å². The molecular weight excluding hydrogens is 546 g/mol. The number of aromatic amines is 1. The first kappa shape index (κ1) is 27.4. The lowest BCUT2D eigenvalue weighted by atomic mass is 10.0. The number of hydrogen-bond donors (Lipinski definition) is 4. The van der Waals surface area contributed by atoms with Crippen molar-refractivity contribution in [3.63, 3.8) is 0 Å².